The second-order valence-electron chi connectivity index (χ2n) is 5.87. The van der Waals surface area contributed by atoms with Gasteiger partial charge in [-0.3, -0.25) is 4.90 Å². The fourth-order valence-electron chi connectivity index (χ4n) is 2.65. The van der Waals surface area contributed by atoms with Crippen LogP contribution in [0.3, 0.4) is 0 Å². The summed E-state index contributed by atoms with van der Waals surface area (Å²) in [6, 6.07) is 8.77. The second kappa shape index (κ2) is 6.51. The molecule has 1 aliphatic heterocycles. The molecule has 2 rings (SSSR count). The average Bonchev–Trinajstić information content (AvgIpc) is 2.66. The molecule has 1 aromatic rings. The molecule has 1 heterocycles. The van der Waals surface area contributed by atoms with Gasteiger partial charge in [-0.25, -0.2) is 0 Å². The predicted octanol–water partition coefficient (Wildman–Crippen LogP) is 1.80. The number of fused-ring (bicyclic) bond motifs is 1. The summed E-state index contributed by atoms with van der Waals surface area (Å²) in [5, 5.41) is 12.7. The number of rotatable bonds is 5. The van der Waals surface area contributed by atoms with Gasteiger partial charge < -0.3 is 10.4 Å². The first-order chi connectivity index (χ1) is 9.17. The zero-order chi connectivity index (χ0) is 13.7. The van der Waals surface area contributed by atoms with E-state index in [9.17, 15) is 5.11 Å². The SMILES string of the molecule is CNC(C)(CO)CCN1CCCc2ccccc2C1. The molecule has 106 valence electrons. The van der Waals surface area contributed by atoms with Crippen LogP contribution in [0.4, 0.5) is 0 Å². The maximum atomic E-state index is 9.45. The van der Waals surface area contributed by atoms with Crippen molar-refractivity contribution in [3.63, 3.8) is 0 Å². The van der Waals surface area contributed by atoms with Crippen LogP contribution in [0.5, 0.6) is 0 Å². The average molecular weight is 262 g/mol. The maximum Gasteiger partial charge on any atom is 0.0610 e. The molecule has 1 atom stereocenters. The Morgan fingerprint density at radius 3 is 2.74 bits per heavy atom. The topological polar surface area (TPSA) is 35.5 Å². The molecule has 0 amide bonds. The minimum absolute atomic E-state index is 0.161. The summed E-state index contributed by atoms with van der Waals surface area (Å²) in [6.07, 6.45) is 3.39. The third-order valence-electron chi connectivity index (χ3n) is 4.37. The Labute approximate surface area is 116 Å². The molecule has 3 heteroatoms. The van der Waals surface area contributed by atoms with E-state index in [0.717, 1.165) is 26.1 Å². The number of aliphatic hydroxyl groups is 1. The summed E-state index contributed by atoms with van der Waals surface area (Å²) in [4.78, 5) is 2.51. The maximum absolute atomic E-state index is 9.45. The molecule has 1 aromatic carbocycles. The van der Waals surface area contributed by atoms with Gasteiger partial charge in [0.2, 0.25) is 0 Å². The van der Waals surface area contributed by atoms with Crippen LogP contribution >= 0.6 is 0 Å². The third-order valence-corrected chi connectivity index (χ3v) is 4.37. The number of hydrogen-bond donors (Lipinski definition) is 2. The highest BCUT2D eigenvalue weighted by molar-refractivity contribution is 5.27. The van der Waals surface area contributed by atoms with Crippen LogP contribution in [-0.2, 0) is 13.0 Å². The van der Waals surface area contributed by atoms with Crippen LogP contribution in [0.1, 0.15) is 30.9 Å². The molecule has 0 fully saturated rings. The molecule has 0 radical (unpaired) electrons. The number of nitrogens with zero attached hydrogens (tertiary/aromatic N) is 1. The third kappa shape index (κ3) is 3.78. The van der Waals surface area contributed by atoms with E-state index in [1.54, 1.807) is 0 Å². The number of nitrogens with one attached hydrogen (secondary N) is 1. The van der Waals surface area contributed by atoms with Gasteiger partial charge in [-0.2, -0.15) is 0 Å². The minimum atomic E-state index is -0.161. The van der Waals surface area contributed by atoms with Crippen LogP contribution in [0.2, 0.25) is 0 Å². The molecular weight excluding hydrogens is 236 g/mol. The summed E-state index contributed by atoms with van der Waals surface area (Å²) < 4.78 is 0. The number of aliphatic hydroxyl groups excluding tert-OH is 1. The molecule has 0 saturated heterocycles. The quantitative estimate of drug-likeness (QED) is 0.849. The fraction of sp³-hybridized carbons (Fsp3) is 0.625. The van der Waals surface area contributed by atoms with Crippen molar-refractivity contribution < 1.29 is 5.11 Å². The lowest BCUT2D eigenvalue weighted by Gasteiger charge is -2.30. The molecule has 3 nitrogen and oxygen atoms in total. The summed E-state index contributed by atoms with van der Waals surface area (Å²) >= 11 is 0. The summed E-state index contributed by atoms with van der Waals surface area (Å²) in [6.45, 7) is 5.50. The standard InChI is InChI=1S/C16H26N2O/c1-16(13-19,17-2)9-11-18-10-5-8-14-6-3-4-7-15(14)12-18/h3-4,6-7,17,19H,5,8-13H2,1-2H3. The normalized spacial score (nSPS) is 19.5. The lowest BCUT2D eigenvalue weighted by molar-refractivity contribution is 0.150. The second-order valence-corrected chi connectivity index (χ2v) is 5.87. The van der Waals surface area contributed by atoms with Crippen LogP contribution < -0.4 is 5.32 Å². The van der Waals surface area contributed by atoms with Crippen molar-refractivity contribution in [1.82, 2.24) is 10.2 Å². The highest BCUT2D eigenvalue weighted by atomic mass is 16.3. The van der Waals surface area contributed by atoms with Gasteiger partial charge in [0.15, 0.2) is 0 Å². The first kappa shape index (κ1) is 14.5. The number of benzene rings is 1. The molecule has 0 aliphatic carbocycles. The van der Waals surface area contributed by atoms with Gasteiger partial charge in [0.1, 0.15) is 0 Å². The Hall–Kier alpha value is -0.900. The van der Waals surface area contributed by atoms with E-state index >= 15 is 0 Å². The fourth-order valence-corrected chi connectivity index (χ4v) is 2.65. The smallest absolute Gasteiger partial charge is 0.0610 e. The Bertz CT molecular complexity index is 401. The van der Waals surface area contributed by atoms with E-state index in [1.807, 2.05) is 7.05 Å². The van der Waals surface area contributed by atoms with Crippen molar-refractivity contribution in [2.24, 2.45) is 0 Å². The lowest BCUT2D eigenvalue weighted by Crippen LogP contribution is -2.46. The number of aryl methyl sites for hydroxylation is 1. The number of hydrogen-bond acceptors (Lipinski definition) is 3. The van der Waals surface area contributed by atoms with Crippen LogP contribution in [-0.4, -0.2) is 42.3 Å². The minimum Gasteiger partial charge on any atom is -0.394 e. The van der Waals surface area contributed by atoms with E-state index in [-0.39, 0.29) is 12.1 Å². The monoisotopic (exact) mass is 262 g/mol. The van der Waals surface area contributed by atoms with Gasteiger partial charge >= 0.3 is 0 Å². The lowest BCUT2D eigenvalue weighted by atomic mass is 9.99. The first-order valence-corrected chi connectivity index (χ1v) is 7.26. The molecule has 0 bridgehead atoms. The molecule has 1 aliphatic rings. The Balaban J connectivity index is 1.96. The van der Waals surface area contributed by atoms with E-state index < -0.39 is 0 Å². The van der Waals surface area contributed by atoms with Gasteiger partial charge in [-0.05, 0) is 50.9 Å². The van der Waals surface area contributed by atoms with E-state index in [4.69, 9.17) is 0 Å². The van der Waals surface area contributed by atoms with Gasteiger partial charge in [0, 0.05) is 18.6 Å². The van der Waals surface area contributed by atoms with Crippen molar-refractivity contribution in [2.45, 2.75) is 38.3 Å². The summed E-state index contributed by atoms with van der Waals surface area (Å²) in [7, 11) is 1.92. The van der Waals surface area contributed by atoms with E-state index in [2.05, 4.69) is 41.4 Å². The summed E-state index contributed by atoms with van der Waals surface area (Å²) in [5.74, 6) is 0. The zero-order valence-corrected chi connectivity index (χ0v) is 12.2. The highest BCUT2D eigenvalue weighted by Crippen LogP contribution is 2.19. The van der Waals surface area contributed by atoms with Crippen molar-refractivity contribution in [3.8, 4) is 0 Å². The first-order valence-electron chi connectivity index (χ1n) is 7.26. The zero-order valence-electron chi connectivity index (χ0n) is 12.2. The van der Waals surface area contributed by atoms with Crippen LogP contribution in [0.25, 0.3) is 0 Å². The van der Waals surface area contributed by atoms with Crippen molar-refractivity contribution in [2.75, 3.05) is 26.7 Å². The molecule has 0 aromatic heterocycles. The van der Waals surface area contributed by atoms with Crippen LogP contribution in [0, 0.1) is 0 Å². The van der Waals surface area contributed by atoms with Crippen molar-refractivity contribution >= 4 is 0 Å². The number of likely N-dealkylation sites (N-methyl/N-ethyl adjacent to an activating group) is 1. The molecule has 0 saturated carbocycles. The predicted molar refractivity (Wildman–Crippen MR) is 79.2 cm³/mol. The van der Waals surface area contributed by atoms with E-state index in [0.29, 0.717) is 0 Å². The van der Waals surface area contributed by atoms with Gasteiger partial charge in [-0.15, -0.1) is 0 Å². The largest absolute Gasteiger partial charge is 0.394 e. The van der Waals surface area contributed by atoms with Crippen molar-refractivity contribution in [3.05, 3.63) is 35.4 Å². The van der Waals surface area contributed by atoms with E-state index in [1.165, 1.54) is 24.0 Å². The van der Waals surface area contributed by atoms with Gasteiger partial charge in [0.05, 0.1) is 6.61 Å². The van der Waals surface area contributed by atoms with Crippen molar-refractivity contribution in [1.29, 1.82) is 0 Å². The molecule has 0 spiro atoms. The Kier molecular flexibility index (Phi) is 4.97. The Morgan fingerprint density at radius 1 is 1.32 bits per heavy atom. The van der Waals surface area contributed by atoms with Crippen LogP contribution in [0.15, 0.2) is 24.3 Å². The molecule has 2 N–H and O–H groups in total. The molecule has 19 heavy (non-hydrogen) atoms. The Morgan fingerprint density at radius 2 is 2.05 bits per heavy atom. The highest BCUT2D eigenvalue weighted by Gasteiger charge is 2.22. The molecular formula is C16H26N2O. The van der Waals surface area contributed by atoms with Gasteiger partial charge in [-0.1, -0.05) is 24.3 Å². The van der Waals surface area contributed by atoms with Gasteiger partial charge in [0.25, 0.3) is 0 Å². The summed E-state index contributed by atoms with van der Waals surface area (Å²) in [5.41, 5.74) is 2.81. The molecule has 1 unspecified atom stereocenters.